The maximum atomic E-state index is 10.9. The van der Waals surface area contributed by atoms with Crippen LogP contribution in [0.2, 0.25) is 0 Å². The second-order valence-electron chi connectivity index (χ2n) is 2.48. The van der Waals surface area contributed by atoms with Gasteiger partial charge in [0.2, 0.25) is 0 Å². The Hall–Kier alpha value is -0.470. The molecular weight excluding hydrogens is 192 g/mol. The van der Waals surface area contributed by atoms with E-state index in [4.69, 9.17) is 11.6 Å². The summed E-state index contributed by atoms with van der Waals surface area (Å²) in [5, 5.41) is -0.389. The maximum absolute atomic E-state index is 10.9. The van der Waals surface area contributed by atoms with Crippen molar-refractivity contribution in [3.05, 3.63) is 29.3 Å². The Morgan fingerprint density at radius 1 is 1.50 bits per heavy atom. The van der Waals surface area contributed by atoms with Gasteiger partial charge in [-0.2, -0.15) is 0 Å². The van der Waals surface area contributed by atoms with E-state index in [-0.39, 0.29) is 5.24 Å². The molecule has 0 spiro atoms. The Balaban J connectivity index is 3.20. The summed E-state index contributed by atoms with van der Waals surface area (Å²) in [6.45, 7) is 1.99. The van der Waals surface area contributed by atoms with Gasteiger partial charge < -0.3 is 0 Å². The van der Waals surface area contributed by atoms with Gasteiger partial charge in [0.1, 0.15) is 0 Å². The van der Waals surface area contributed by atoms with E-state index in [1.54, 1.807) is 6.07 Å². The molecule has 0 aromatic heterocycles. The molecule has 1 aromatic carbocycles. The van der Waals surface area contributed by atoms with E-state index in [2.05, 4.69) is 0 Å². The number of halogens is 1. The number of thioether (sulfide) groups is 1. The maximum Gasteiger partial charge on any atom is 0.253 e. The molecule has 0 bridgehead atoms. The molecule has 1 rings (SSSR count). The van der Waals surface area contributed by atoms with Crippen LogP contribution in [0.5, 0.6) is 0 Å². The molecule has 0 aliphatic rings. The average Bonchev–Trinajstić information content (AvgIpc) is 2.03. The monoisotopic (exact) mass is 200 g/mol. The highest BCUT2D eigenvalue weighted by molar-refractivity contribution is 7.98. The third kappa shape index (κ3) is 2.02. The van der Waals surface area contributed by atoms with Crippen LogP contribution in [0.3, 0.4) is 0 Å². The van der Waals surface area contributed by atoms with Crippen LogP contribution in [0.1, 0.15) is 15.9 Å². The Morgan fingerprint density at radius 3 is 2.67 bits per heavy atom. The summed E-state index contributed by atoms with van der Waals surface area (Å²) in [6, 6.07) is 5.60. The van der Waals surface area contributed by atoms with Crippen LogP contribution >= 0.6 is 23.4 Å². The van der Waals surface area contributed by atoms with Gasteiger partial charge in [0.25, 0.3) is 5.24 Å². The number of carbonyl (C=O) groups excluding carboxylic acids is 1. The SMILES string of the molecule is CSc1cc(C)ccc1C(=O)Cl. The summed E-state index contributed by atoms with van der Waals surface area (Å²) in [6.07, 6.45) is 1.93. The smallest absolute Gasteiger partial charge is 0.253 e. The number of hydrogen-bond acceptors (Lipinski definition) is 2. The molecule has 0 atom stereocenters. The second-order valence-corrected chi connectivity index (χ2v) is 3.67. The lowest BCUT2D eigenvalue weighted by Crippen LogP contribution is -1.92. The number of benzene rings is 1. The minimum Gasteiger partial charge on any atom is -0.276 e. The van der Waals surface area contributed by atoms with Crippen molar-refractivity contribution in [2.75, 3.05) is 6.26 Å². The molecule has 0 amide bonds. The van der Waals surface area contributed by atoms with E-state index in [1.165, 1.54) is 11.8 Å². The molecule has 1 aromatic rings. The van der Waals surface area contributed by atoms with Crippen LogP contribution in [0.15, 0.2) is 23.1 Å². The van der Waals surface area contributed by atoms with Gasteiger partial charge in [-0.05, 0) is 42.5 Å². The van der Waals surface area contributed by atoms with Crippen molar-refractivity contribution in [1.82, 2.24) is 0 Å². The zero-order valence-electron chi connectivity index (χ0n) is 6.93. The molecule has 0 aliphatic carbocycles. The minimum absolute atomic E-state index is 0.389. The molecule has 0 N–H and O–H groups in total. The number of rotatable bonds is 2. The molecule has 0 fully saturated rings. The van der Waals surface area contributed by atoms with Gasteiger partial charge in [-0.3, -0.25) is 4.79 Å². The van der Waals surface area contributed by atoms with E-state index < -0.39 is 0 Å². The summed E-state index contributed by atoms with van der Waals surface area (Å²) in [7, 11) is 0. The highest BCUT2D eigenvalue weighted by Crippen LogP contribution is 2.22. The van der Waals surface area contributed by atoms with Gasteiger partial charge in [0, 0.05) is 10.5 Å². The van der Waals surface area contributed by atoms with Crippen molar-refractivity contribution in [2.45, 2.75) is 11.8 Å². The Morgan fingerprint density at radius 2 is 2.17 bits per heavy atom. The zero-order valence-corrected chi connectivity index (χ0v) is 8.50. The second kappa shape index (κ2) is 3.97. The molecule has 1 nitrogen and oxygen atoms in total. The Kier molecular flexibility index (Phi) is 3.18. The molecule has 0 heterocycles. The minimum atomic E-state index is -0.389. The number of aryl methyl sites for hydroxylation is 1. The third-order valence-electron chi connectivity index (χ3n) is 1.57. The first-order valence-corrected chi connectivity index (χ1v) is 5.10. The summed E-state index contributed by atoms with van der Waals surface area (Å²) < 4.78 is 0. The topological polar surface area (TPSA) is 17.1 Å². The highest BCUT2D eigenvalue weighted by atomic mass is 35.5. The van der Waals surface area contributed by atoms with Gasteiger partial charge in [-0.15, -0.1) is 11.8 Å². The molecule has 12 heavy (non-hydrogen) atoms. The fraction of sp³-hybridized carbons (Fsp3) is 0.222. The summed E-state index contributed by atoms with van der Waals surface area (Å²) in [5.41, 5.74) is 1.73. The van der Waals surface area contributed by atoms with Gasteiger partial charge in [0.15, 0.2) is 0 Å². The van der Waals surface area contributed by atoms with E-state index in [1.807, 2.05) is 25.3 Å². The standard InChI is InChI=1S/C9H9ClOS/c1-6-3-4-7(9(10)11)8(5-6)12-2/h3-5H,1-2H3. The number of hydrogen-bond donors (Lipinski definition) is 0. The van der Waals surface area contributed by atoms with Crippen LogP contribution in [0, 0.1) is 6.92 Å². The lowest BCUT2D eigenvalue weighted by Gasteiger charge is -2.02. The van der Waals surface area contributed by atoms with Crippen molar-refractivity contribution in [3.8, 4) is 0 Å². The Bertz CT molecular complexity index is 309. The molecule has 0 saturated heterocycles. The van der Waals surface area contributed by atoms with Crippen LogP contribution in [0.4, 0.5) is 0 Å². The zero-order chi connectivity index (χ0) is 9.14. The predicted molar refractivity (Wildman–Crippen MR) is 53.1 cm³/mol. The first-order valence-electron chi connectivity index (χ1n) is 3.49. The van der Waals surface area contributed by atoms with E-state index >= 15 is 0 Å². The lowest BCUT2D eigenvalue weighted by atomic mass is 10.2. The van der Waals surface area contributed by atoms with Crippen molar-refractivity contribution in [2.24, 2.45) is 0 Å². The van der Waals surface area contributed by atoms with Crippen LogP contribution in [-0.4, -0.2) is 11.5 Å². The van der Waals surface area contributed by atoms with Crippen molar-refractivity contribution in [3.63, 3.8) is 0 Å². The lowest BCUT2D eigenvalue weighted by molar-refractivity contribution is 0.107. The van der Waals surface area contributed by atoms with Crippen LogP contribution in [-0.2, 0) is 0 Å². The molecule has 0 unspecified atom stereocenters. The first-order chi connectivity index (χ1) is 5.65. The molecular formula is C9H9ClOS. The molecule has 0 aliphatic heterocycles. The van der Waals surface area contributed by atoms with Crippen LogP contribution < -0.4 is 0 Å². The van der Waals surface area contributed by atoms with Crippen molar-refractivity contribution >= 4 is 28.6 Å². The summed E-state index contributed by atoms with van der Waals surface area (Å²) in [4.78, 5) is 11.8. The Labute approximate surface area is 81.1 Å². The molecule has 0 radical (unpaired) electrons. The molecule has 3 heteroatoms. The normalized spacial score (nSPS) is 9.92. The first kappa shape index (κ1) is 9.62. The van der Waals surface area contributed by atoms with Gasteiger partial charge in [-0.25, -0.2) is 0 Å². The van der Waals surface area contributed by atoms with Crippen molar-refractivity contribution < 1.29 is 4.79 Å². The number of carbonyl (C=O) groups is 1. The van der Waals surface area contributed by atoms with Crippen LogP contribution in [0.25, 0.3) is 0 Å². The van der Waals surface area contributed by atoms with Gasteiger partial charge >= 0.3 is 0 Å². The van der Waals surface area contributed by atoms with E-state index in [9.17, 15) is 4.79 Å². The molecule has 64 valence electrons. The quantitative estimate of drug-likeness (QED) is 0.539. The summed E-state index contributed by atoms with van der Waals surface area (Å²) >= 11 is 6.92. The molecule has 0 saturated carbocycles. The fourth-order valence-corrected chi connectivity index (χ4v) is 1.87. The third-order valence-corrected chi connectivity index (χ3v) is 2.55. The van der Waals surface area contributed by atoms with Crippen molar-refractivity contribution in [1.29, 1.82) is 0 Å². The fourth-order valence-electron chi connectivity index (χ4n) is 0.961. The van der Waals surface area contributed by atoms with E-state index in [0.29, 0.717) is 5.56 Å². The van der Waals surface area contributed by atoms with E-state index in [0.717, 1.165) is 10.5 Å². The average molecular weight is 201 g/mol. The predicted octanol–water partition coefficient (Wildman–Crippen LogP) is 3.10. The summed E-state index contributed by atoms with van der Waals surface area (Å²) in [5.74, 6) is 0. The van der Waals surface area contributed by atoms with Gasteiger partial charge in [0.05, 0.1) is 0 Å². The highest BCUT2D eigenvalue weighted by Gasteiger charge is 2.07. The van der Waals surface area contributed by atoms with Gasteiger partial charge in [-0.1, -0.05) is 6.07 Å². The largest absolute Gasteiger partial charge is 0.276 e.